The lowest BCUT2D eigenvalue weighted by Crippen LogP contribution is -2.36. The van der Waals surface area contributed by atoms with Crippen LogP contribution in [0.15, 0.2) is 0 Å². The summed E-state index contributed by atoms with van der Waals surface area (Å²) < 4.78 is 0. The van der Waals surface area contributed by atoms with Crippen LogP contribution in [0.25, 0.3) is 0 Å². The van der Waals surface area contributed by atoms with Crippen molar-refractivity contribution in [3.8, 4) is 0 Å². The Hall–Kier alpha value is -0.650. The predicted octanol–water partition coefficient (Wildman–Crippen LogP) is 0.648. The Balaban J connectivity index is 2.18. The number of hydrogen-bond donors (Lipinski definition) is 2. The highest BCUT2D eigenvalue weighted by Crippen LogP contribution is 2.05. The largest absolute Gasteiger partial charge is 0.354 e. The molecule has 1 fully saturated rings. The molecule has 1 amide bonds. The third-order valence-corrected chi connectivity index (χ3v) is 3.71. The Labute approximate surface area is 123 Å². The summed E-state index contributed by atoms with van der Waals surface area (Å²) >= 11 is 0. The fraction of sp³-hybridized carbons (Fsp3) is 0.933. The van der Waals surface area contributed by atoms with E-state index >= 15 is 0 Å². The van der Waals surface area contributed by atoms with Crippen LogP contribution in [0.5, 0.6) is 0 Å². The molecule has 0 radical (unpaired) electrons. The number of nitrogens with two attached hydrogens (primary N) is 1. The van der Waals surface area contributed by atoms with E-state index < -0.39 is 0 Å². The molecule has 1 aliphatic rings. The summed E-state index contributed by atoms with van der Waals surface area (Å²) in [6, 6.07) is 0.240. The summed E-state index contributed by atoms with van der Waals surface area (Å²) in [4.78, 5) is 16.6. The molecule has 0 bridgehead atoms. The Morgan fingerprint density at radius 3 is 2.35 bits per heavy atom. The van der Waals surface area contributed by atoms with Crippen molar-refractivity contribution in [1.82, 2.24) is 15.1 Å². The fourth-order valence-corrected chi connectivity index (χ4v) is 2.61. The van der Waals surface area contributed by atoms with Crippen LogP contribution in [-0.2, 0) is 4.79 Å². The molecular weight excluding hydrogens is 252 g/mol. The Morgan fingerprint density at radius 1 is 1.10 bits per heavy atom. The van der Waals surface area contributed by atoms with Crippen molar-refractivity contribution in [2.45, 2.75) is 45.6 Å². The number of unbranched alkanes of at least 4 members (excludes halogenated alkanes) is 1. The Kier molecular flexibility index (Phi) is 8.82. The number of nitrogens with one attached hydrogen (secondary N) is 1. The van der Waals surface area contributed by atoms with Crippen molar-refractivity contribution in [1.29, 1.82) is 0 Å². The van der Waals surface area contributed by atoms with E-state index in [1.54, 1.807) is 0 Å². The number of carbonyl (C=O) groups excluding carboxylic acids is 1. The maximum absolute atomic E-state index is 11.7. The van der Waals surface area contributed by atoms with E-state index in [1.807, 2.05) is 13.8 Å². The second kappa shape index (κ2) is 10.1. The van der Waals surface area contributed by atoms with Gasteiger partial charge in [0.2, 0.25) is 5.91 Å². The summed E-state index contributed by atoms with van der Waals surface area (Å²) in [7, 11) is 0. The summed E-state index contributed by atoms with van der Waals surface area (Å²) in [5.41, 5.74) is 5.53. The summed E-state index contributed by atoms with van der Waals surface area (Å²) in [6.45, 7) is 11.3. The minimum Gasteiger partial charge on any atom is -0.354 e. The van der Waals surface area contributed by atoms with E-state index in [0.717, 1.165) is 39.1 Å². The quantitative estimate of drug-likeness (QED) is 0.643. The zero-order chi connectivity index (χ0) is 14.8. The topological polar surface area (TPSA) is 61.6 Å². The van der Waals surface area contributed by atoms with E-state index in [9.17, 15) is 4.79 Å². The van der Waals surface area contributed by atoms with Crippen LogP contribution in [-0.4, -0.2) is 67.6 Å². The minimum absolute atomic E-state index is 0.170. The van der Waals surface area contributed by atoms with Crippen molar-refractivity contribution in [3.63, 3.8) is 0 Å². The first-order valence-electron chi connectivity index (χ1n) is 8.06. The Bertz CT molecular complexity index is 271. The second-order valence-electron chi connectivity index (χ2n) is 6.00. The zero-order valence-electron chi connectivity index (χ0n) is 13.2. The molecule has 0 atom stereocenters. The predicted molar refractivity (Wildman–Crippen MR) is 83.7 cm³/mol. The highest BCUT2D eigenvalue weighted by Gasteiger charge is 2.15. The SMILES string of the molecule is CC(C)NC(=O)CCN1CCCN(CCCCN)CC1. The summed E-state index contributed by atoms with van der Waals surface area (Å²) in [5, 5.41) is 2.95. The summed E-state index contributed by atoms with van der Waals surface area (Å²) in [6.07, 6.45) is 4.14. The van der Waals surface area contributed by atoms with Gasteiger partial charge in [0.15, 0.2) is 0 Å². The van der Waals surface area contributed by atoms with Gasteiger partial charge in [-0.25, -0.2) is 0 Å². The molecule has 0 aromatic carbocycles. The van der Waals surface area contributed by atoms with Crippen molar-refractivity contribution in [2.24, 2.45) is 5.73 Å². The van der Waals surface area contributed by atoms with E-state index in [-0.39, 0.29) is 11.9 Å². The number of carbonyl (C=O) groups is 1. The number of nitrogens with zero attached hydrogens (tertiary/aromatic N) is 2. The molecule has 1 saturated heterocycles. The first-order chi connectivity index (χ1) is 9.61. The average Bonchev–Trinajstić information content (AvgIpc) is 2.61. The molecule has 118 valence electrons. The van der Waals surface area contributed by atoms with Gasteiger partial charge in [0.05, 0.1) is 0 Å². The van der Waals surface area contributed by atoms with Crippen LogP contribution in [0.3, 0.4) is 0 Å². The molecule has 5 heteroatoms. The number of hydrogen-bond acceptors (Lipinski definition) is 4. The first-order valence-corrected chi connectivity index (χ1v) is 8.06. The number of rotatable bonds is 8. The van der Waals surface area contributed by atoms with Gasteiger partial charge in [0, 0.05) is 32.1 Å². The molecule has 1 aliphatic heterocycles. The fourth-order valence-electron chi connectivity index (χ4n) is 2.61. The molecular formula is C15H32N4O. The standard InChI is InChI=1S/C15H32N4O/c1-14(2)17-15(20)6-11-19-10-5-9-18(12-13-19)8-4-3-7-16/h14H,3-13,16H2,1-2H3,(H,17,20). The lowest BCUT2D eigenvalue weighted by molar-refractivity contribution is -0.121. The molecule has 1 heterocycles. The van der Waals surface area contributed by atoms with Crippen LogP contribution >= 0.6 is 0 Å². The van der Waals surface area contributed by atoms with E-state index in [4.69, 9.17) is 5.73 Å². The monoisotopic (exact) mass is 284 g/mol. The molecule has 0 saturated carbocycles. The van der Waals surface area contributed by atoms with Gasteiger partial charge in [0.1, 0.15) is 0 Å². The lowest BCUT2D eigenvalue weighted by atomic mass is 10.3. The van der Waals surface area contributed by atoms with Gasteiger partial charge in [-0.3, -0.25) is 4.79 Å². The van der Waals surface area contributed by atoms with Crippen molar-refractivity contribution in [3.05, 3.63) is 0 Å². The normalized spacial score (nSPS) is 18.2. The number of amides is 1. The maximum Gasteiger partial charge on any atom is 0.221 e. The third-order valence-electron chi connectivity index (χ3n) is 3.71. The van der Waals surface area contributed by atoms with Gasteiger partial charge in [-0.05, 0) is 59.3 Å². The highest BCUT2D eigenvalue weighted by molar-refractivity contribution is 5.76. The molecule has 0 aromatic rings. The first kappa shape index (κ1) is 17.4. The van der Waals surface area contributed by atoms with Crippen molar-refractivity contribution < 1.29 is 4.79 Å². The van der Waals surface area contributed by atoms with E-state index in [2.05, 4.69) is 15.1 Å². The van der Waals surface area contributed by atoms with Crippen LogP contribution < -0.4 is 11.1 Å². The van der Waals surface area contributed by atoms with Crippen LogP contribution in [0, 0.1) is 0 Å². The van der Waals surface area contributed by atoms with Crippen molar-refractivity contribution in [2.75, 3.05) is 45.8 Å². The minimum atomic E-state index is 0.170. The highest BCUT2D eigenvalue weighted by atomic mass is 16.1. The molecule has 5 nitrogen and oxygen atoms in total. The zero-order valence-corrected chi connectivity index (χ0v) is 13.2. The molecule has 0 aromatic heterocycles. The van der Waals surface area contributed by atoms with Gasteiger partial charge in [0.25, 0.3) is 0 Å². The van der Waals surface area contributed by atoms with Crippen LogP contribution in [0.1, 0.15) is 39.5 Å². The van der Waals surface area contributed by atoms with Gasteiger partial charge < -0.3 is 20.9 Å². The van der Waals surface area contributed by atoms with Crippen LogP contribution in [0.4, 0.5) is 0 Å². The summed E-state index contributed by atoms with van der Waals surface area (Å²) in [5.74, 6) is 0.170. The maximum atomic E-state index is 11.7. The lowest BCUT2D eigenvalue weighted by Gasteiger charge is -2.21. The molecule has 20 heavy (non-hydrogen) atoms. The molecule has 0 unspecified atom stereocenters. The van der Waals surface area contributed by atoms with Gasteiger partial charge in [-0.15, -0.1) is 0 Å². The van der Waals surface area contributed by atoms with E-state index in [0.29, 0.717) is 6.42 Å². The molecule has 0 aliphatic carbocycles. The second-order valence-corrected chi connectivity index (χ2v) is 6.00. The molecule has 0 spiro atoms. The van der Waals surface area contributed by atoms with Gasteiger partial charge in [-0.1, -0.05) is 0 Å². The van der Waals surface area contributed by atoms with Crippen molar-refractivity contribution >= 4 is 5.91 Å². The van der Waals surface area contributed by atoms with Crippen LogP contribution in [0.2, 0.25) is 0 Å². The van der Waals surface area contributed by atoms with E-state index in [1.165, 1.54) is 25.9 Å². The Morgan fingerprint density at radius 2 is 1.75 bits per heavy atom. The molecule has 3 N–H and O–H groups in total. The average molecular weight is 284 g/mol. The molecule has 1 rings (SSSR count). The smallest absolute Gasteiger partial charge is 0.221 e. The van der Waals surface area contributed by atoms with Gasteiger partial charge >= 0.3 is 0 Å². The van der Waals surface area contributed by atoms with Gasteiger partial charge in [-0.2, -0.15) is 0 Å². The third kappa shape index (κ3) is 7.82.